The zero-order valence-corrected chi connectivity index (χ0v) is 26.1. The van der Waals surface area contributed by atoms with Gasteiger partial charge in [-0.05, 0) is 61.9 Å². The summed E-state index contributed by atoms with van der Waals surface area (Å²) in [7, 11) is 2.16. The fourth-order valence-corrected chi connectivity index (χ4v) is 6.72. The molecule has 0 unspecified atom stereocenters. The van der Waals surface area contributed by atoms with Crippen LogP contribution in [0.1, 0.15) is 40.7 Å². The Labute approximate surface area is 259 Å². The number of carboxylic acid groups (broad SMARTS) is 1. The highest BCUT2D eigenvalue weighted by atomic mass is 16.5. The van der Waals surface area contributed by atoms with Gasteiger partial charge >= 0.3 is 5.97 Å². The third-order valence-corrected chi connectivity index (χ3v) is 9.05. The molecule has 3 aromatic carbocycles. The largest absolute Gasteiger partial charge is 0.493 e. The minimum absolute atomic E-state index is 0.395. The summed E-state index contributed by atoms with van der Waals surface area (Å²) in [6, 6.07) is 22.7. The maximum atomic E-state index is 13.1. The zero-order valence-electron chi connectivity index (χ0n) is 26.1. The van der Waals surface area contributed by atoms with Gasteiger partial charge in [-0.3, -0.25) is 9.88 Å². The van der Waals surface area contributed by atoms with Crippen molar-refractivity contribution in [1.29, 1.82) is 0 Å². The molecule has 5 aromatic rings. The van der Waals surface area contributed by atoms with Crippen molar-refractivity contribution in [2.45, 2.75) is 39.7 Å². The average molecular weight is 591 g/mol. The van der Waals surface area contributed by atoms with E-state index in [9.17, 15) is 9.90 Å². The summed E-state index contributed by atoms with van der Waals surface area (Å²) in [6.45, 7) is 10.2. The zero-order chi connectivity index (χ0) is 30.6. The molecule has 1 N–H and O–H groups in total. The van der Waals surface area contributed by atoms with Crippen LogP contribution in [0, 0.1) is 6.92 Å². The highest BCUT2D eigenvalue weighted by Crippen LogP contribution is 2.38. The fraction of sp³-hybridized carbons (Fsp3) is 0.351. The van der Waals surface area contributed by atoms with Gasteiger partial charge in [0.2, 0.25) is 0 Å². The number of piperazine rings is 1. The Balaban J connectivity index is 1.37. The molecule has 0 aliphatic carbocycles. The Kier molecular flexibility index (Phi) is 8.96. The summed E-state index contributed by atoms with van der Waals surface area (Å²) in [4.78, 5) is 22.6. The third-order valence-electron chi connectivity index (χ3n) is 9.05. The van der Waals surface area contributed by atoms with Crippen LogP contribution in [0.25, 0.3) is 32.8 Å². The highest BCUT2D eigenvalue weighted by molar-refractivity contribution is 6.04. The first-order chi connectivity index (χ1) is 21.5. The number of fused-ring (bicyclic) bond motifs is 2. The number of rotatable bonds is 11. The first-order valence-corrected chi connectivity index (χ1v) is 15.8. The number of aromatic carboxylic acids is 1. The van der Waals surface area contributed by atoms with Crippen LogP contribution in [0.5, 0.6) is 5.75 Å². The number of likely N-dealkylation sites (N-methyl/N-ethyl adjacent to an activating group) is 1. The molecule has 0 spiro atoms. The van der Waals surface area contributed by atoms with Crippen molar-refractivity contribution in [1.82, 2.24) is 19.4 Å². The SMILES string of the molecule is CCc1nccc(C)c1-c1cccc2c(CCCOc3cccc4ccccc34)c(C(=O)O)n(CCN3CCN(C)CC3)c12. The van der Waals surface area contributed by atoms with Gasteiger partial charge < -0.3 is 19.3 Å². The van der Waals surface area contributed by atoms with Gasteiger partial charge in [-0.2, -0.15) is 0 Å². The minimum Gasteiger partial charge on any atom is -0.493 e. The Morgan fingerprint density at radius 2 is 1.68 bits per heavy atom. The molecule has 7 nitrogen and oxygen atoms in total. The van der Waals surface area contributed by atoms with Crippen LogP contribution < -0.4 is 4.74 Å². The van der Waals surface area contributed by atoms with Crippen LogP contribution in [0.2, 0.25) is 0 Å². The second-order valence-corrected chi connectivity index (χ2v) is 11.9. The highest BCUT2D eigenvalue weighted by Gasteiger charge is 2.26. The van der Waals surface area contributed by atoms with Crippen LogP contribution in [-0.2, 0) is 19.4 Å². The van der Waals surface area contributed by atoms with Gasteiger partial charge in [-0.15, -0.1) is 0 Å². The van der Waals surface area contributed by atoms with Crippen molar-refractivity contribution < 1.29 is 14.6 Å². The van der Waals surface area contributed by atoms with Gasteiger partial charge in [0.25, 0.3) is 0 Å². The lowest BCUT2D eigenvalue weighted by Gasteiger charge is -2.32. The normalized spacial score (nSPS) is 14.4. The molecule has 0 atom stereocenters. The Hall–Kier alpha value is -4.20. The molecule has 0 radical (unpaired) electrons. The Bertz CT molecular complexity index is 1780. The van der Waals surface area contributed by atoms with Crippen molar-refractivity contribution in [3.63, 3.8) is 0 Å². The second-order valence-electron chi connectivity index (χ2n) is 11.9. The number of para-hydroxylation sites is 1. The van der Waals surface area contributed by atoms with Crippen LogP contribution in [0.4, 0.5) is 0 Å². The summed E-state index contributed by atoms with van der Waals surface area (Å²) in [6.07, 6.45) is 3.99. The maximum Gasteiger partial charge on any atom is 0.352 e. The summed E-state index contributed by atoms with van der Waals surface area (Å²) in [5.74, 6) is -0.0216. The number of hydrogen-bond acceptors (Lipinski definition) is 5. The summed E-state index contributed by atoms with van der Waals surface area (Å²) >= 11 is 0. The van der Waals surface area contributed by atoms with Crippen molar-refractivity contribution in [2.75, 3.05) is 46.4 Å². The van der Waals surface area contributed by atoms with Gasteiger partial charge in [0.05, 0.1) is 12.1 Å². The van der Waals surface area contributed by atoms with Crippen LogP contribution in [0.15, 0.2) is 72.9 Å². The number of benzene rings is 3. The van der Waals surface area contributed by atoms with E-state index in [0.717, 1.165) is 94.5 Å². The molecule has 1 fully saturated rings. The van der Waals surface area contributed by atoms with E-state index in [1.165, 1.54) is 0 Å². The predicted molar refractivity (Wildman–Crippen MR) is 178 cm³/mol. The van der Waals surface area contributed by atoms with Gasteiger partial charge in [-0.1, -0.05) is 61.5 Å². The monoisotopic (exact) mass is 590 g/mol. The molecule has 1 saturated heterocycles. The van der Waals surface area contributed by atoms with Crippen LogP contribution >= 0.6 is 0 Å². The maximum absolute atomic E-state index is 13.1. The molecule has 2 aromatic heterocycles. The minimum atomic E-state index is -0.880. The number of ether oxygens (including phenoxy) is 1. The predicted octanol–water partition coefficient (Wildman–Crippen LogP) is 6.68. The molecular weight excluding hydrogens is 548 g/mol. The molecule has 7 heteroatoms. The lowest BCUT2D eigenvalue weighted by atomic mass is 9.95. The molecule has 228 valence electrons. The fourth-order valence-electron chi connectivity index (χ4n) is 6.72. The van der Waals surface area contributed by atoms with E-state index in [1.54, 1.807) is 0 Å². The van der Waals surface area contributed by atoms with E-state index < -0.39 is 5.97 Å². The topological polar surface area (TPSA) is 70.8 Å². The molecule has 1 aliphatic heterocycles. The molecule has 6 rings (SSSR count). The lowest BCUT2D eigenvalue weighted by molar-refractivity contribution is 0.0682. The first kappa shape index (κ1) is 29.9. The number of aromatic nitrogens is 2. The van der Waals surface area contributed by atoms with Crippen molar-refractivity contribution in [3.05, 3.63) is 95.4 Å². The van der Waals surface area contributed by atoms with Gasteiger partial charge in [0, 0.05) is 73.1 Å². The average Bonchev–Trinajstić information content (AvgIpc) is 3.36. The first-order valence-electron chi connectivity index (χ1n) is 15.8. The van der Waals surface area contributed by atoms with Crippen LogP contribution in [-0.4, -0.2) is 76.8 Å². The Morgan fingerprint density at radius 3 is 2.48 bits per heavy atom. The number of carboxylic acids is 1. The van der Waals surface area contributed by atoms with E-state index >= 15 is 0 Å². The van der Waals surface area contributed by atoms with E-state index in [-0.39, 0.29) is 0 Å². The summed E-state index contributed by atoms with van der Waals surface area (Å²) in [5.41, 5.74) is 6.63. The van der Waals surface area contributed by atoms with Gasteiger partial charge in [0.1, 0.15) is 11.4 Å². The molecule has 0 saturated carbocycles. The molecule has 0 amide bonds. The molecule has 0 bridgehead atoms. The number of carbonyl (C=O) groups is 1. The number of aryl methyl sites for hydroxylation is 3. The van der Waals surface area contributed by atoms with Crippen molar-refractivity contribution in [3.8, 4) is 16.9 Å². The summed E-state index contributed by atoms with van der Waals surface area (Å²) < 4.78 is 8.34. The summed E-state index contributed by atoms with van der Waals surface area (Å²) in [5, 5.41) is 13.9. The quantitative estimate of drug-likeness (QED) is 0.173. The Morgan fingerprint density at radius 1 is 0.932 bits per heavy atom. The lowest BCUT2D eigenvalue weighted by Crippen LogP contribution is -2.45. The number of pyridine rings is 1. The van der Waals surface area contributed by atoms with Gasteiger partial charge in [0.15, 0.2) is 0 Å². The van der Waals surface area contributed by atoms with E-state index in [1.807, 2.05) is 30.5 Å². The molecule has 3 heterocycles. The van der Waals surface area contributed by atoms with Gasteiger partial charge in [-0.25, -0.2) is 4.79 Å². The van der Waals surface area contributed by atoms with E-state index in [4.69, 9.17) is 9.72 Å². The molecular formula is C37H42N4O3. The van der Waals surface area contributed by atoms with Crippen molar-refractivity contribution >= 4 is 27.6 Å². The van der Waals surface area contributed by atoms with Crippen molar-refractivity contribution in [2.24, 2.45) is 0 Å². The smallest absolute Gasteiger partial charge is 0.352 e. The standard InChI is InChI=1S/C37H42N4O3/c1-4-32-34(26(2)17-18-38-32)31-14-8-13-29-30(15-9-25-44-33-16-7-11-27-10-5-6-12-28(27)33)36(37(42)43)41(35(29)31)24-23-40-21-19-39(3)20-22-40/h5-8,10-14,16-18H,4,9,15,19-25H2,1-3H3,(H,42,43). The van der Waals surface area contributed by atoms with Crippen LogP contribution in [0.3, 0.4) is 0 Å². The van der Waals surface area contributed by atoms with E-state index in [2.05, 4.69) is 77.7 Å². The van der Waals surface area contributed by atoms with E-state index in [0.29, 0.717) is 31.7 Å². The number of hydrogen-bond donors (Lipinski definition) is 1. The third kappa shape index (κ3) is 5.94. The molecule has 1 aliphatic rings. The molecule has 44 heavy (non-hydrogen) atoms. The number of nitrogens with zero attached hydrogens (tertiary/aromatic N) is 4. The second kappa shape index (κ2) is 13.2.